The highest BCUT2D eigenvalue weighted by molar-refractivity contribution is 5.76. The van der Waals surface area contributed by atoms with Crippen LogP contribution >= 0.6 is 0 Å². The predicted octanol–water partition coefficient (Wildman–Crippen LogP) is 14.9. The van der Waals surface area contributed by atoms with Crippen molar-refractivity contribution in [1.82, 2.24) is 20.4 Å². The molecule has 13 fully saturated rings. The van der Waals surface area contributed by atoms with Crippen LogP contribution in [0.15, 0.2) is 0 Å². The van der Waals surface area contributed by atoms with Crippen LogP contribution in [-0.4, -0.2) is 105 Å². The van der Waals surface area contributed by atoms with E-state index in [-0.39, 0.29) is 23.5 Å². The molecule has 10 nitrogen and oxygen atoms in total. The van der Waals surface area contributed by atoms with E-state index in [2.05, 4.69) is 104 Å². The molecule has 4 unspecified atom stereocenters. The number of rotatable bonds is 13. The van der Waals surface area contributed by atoms with Crippen molar-refractivity contribution < 1.29 is 29.4 Å². The van der Waals surface area contributed by atoms with Gasteiger partial charge in [0.2, 0.25) is 11.8 Å². The molecule has 13 aliphatic rings. The number of fused-ring (bicyclic) bond motifs is 4. The van der Waals surface area contributed by atoms with Crippen molar-refractivity contribution in [2.75, 3.05) is 26.2 Å². The van der Waals surface area contributed by atoms with E-state index in [1.165, 1.54) is 148 Å². The van der Waals surface area contributed by atoms with Gasteiger partial charge in [0, 0.05) is 76.5 Å². The number of aliphatic hydroxyl groups is 2. The van der Waals surface area contributed by atoms with E-state index in [9.17, 15) is 29.4 Å². The molecule has 2 heterocycles. The van der Waals surface area contributed by atoms with Crippen molar-refractivity contribution in [2.45, 2.75) is 308 Å². The van der Waals surface area contributed by atoms with Gasteiger partial charge >= 0.3 is 0 Å². The molecule has 3 spiro atoms. The van der Waals surface area contributed by atoms with E-state index >= 15 is 0 Å². The lowest BCUT2D eigenvalue weighted by Crippen LogP contribution is -2.65. The highest BCUT2D eigenvalue weighted by Crippen LogP contribution is 2.65. The van der Waals surface area contributed by atoms with Gasteiger partial charge in [-0.25, -0.2) is 0 Å². The Hall–Kier alpha value is -1.88. The first-order valence-corrected chi connectivity index (χ1v) is 35.0. The van der Waals surface area contributed by atoms with Crippen molar-refractivity contribution >= 4 is 23.4 Å². The lowest BCUT2D eigenvalue weighted by molar-refractivity contribution is -0.132. The SMILES string of the molecule is CC(=O)CC1C2CC(C(C)C)CC12.CC(=O)CC1C2CC(C(C)C)CC12.CC(=O)NC12CCCC(C(C)C)(C1)C2.CC(=O)NC1CC2(C1)CC(C(C)C)C2.CC(C)N1CC2(CCC(C(C)(C)O)CC2)C1.CC(C)N1CC2(CCC(O)CC2)C1. The van der Waals surface area contributed by atoms with Crippen molar-refractivity contribution in [1.29, 1.82) is 0 Å². The van der Waals surface area contributed by atoms with Gasteiger partial charge in [0.05, 0.1) is 11.7 Å². The fourth-order valence-electron chi connectivity index (χ4n) is 19.4. The quantitative estimate of drug-likeness (QED) is 0.143. The highest BCUT2D eigenvalue weighted by atomic mass is 16.3. The van der Waals surface area contributed by atoms with Crippen LogP contribution in [-0.2, 0) is 19.2 Å². The number of carbonyl (C=O) groups excluding carboxylic acids is 4. The summed E-state index contributed by atoms with van der Waals surface area (Å²) in [7, 11) is 0. The lowest BCUT2D eigenvalue weighted by atomic mass is 9.46. The molecule has 10 heteroatoms. The average molecular weight is 1160 g/mol. The Labute approximate surface area is 509 Å². The third-order valence-electron chi connectivity index (χ3n) is 25.4. The normalized spacial score (nSPS) is 36.8. The van der Waals surface area contributed by atoms with Crippen molar-refractivity contribution in [2.24, 2.45) is 105 Å². The van der Waals surface area contributed by atoms with Crippen LogP contribution in [0.1, 0.15) is 272 Å². The molecule has 0 aromatic rings. The van der Waals surface area contributed by atoms with Gasteiger partial charge in [0.25, 0.3) is 0 Å². The second kappa shape index (κ2) is 27.5. The third-order valence-corrected chi connectivity index (χ3v) is 25.4. The summed E-state index contributed by atoms with van der Waals surface area (Å²) in [6.07, 6.45) is 28.5. The first-order valence-electron chi connectivity index (χ1n) is 35.0. The highest BCUT2D eigenvalue weighted by Gasteiger charge is 2.60. The van der Waals surface area contributed by atoms with Crippen LogP contribution in [0.3, 0.4) is 0 Å². The van der Waals surface area contributed by atoms with Gasteiger partial charge in [-0.05, 0) is 288 Å². The number of ketones is 2. The molecule has 83 heavy (non-hydrogen) atoms. The minimum Gasteiger partial charge on any atom is -0.393 e. The lowest BCUT2D eigenvalue weighted by Gasteiger charge is -2.63. The smallest absolute Gasteiger partial charge is 0.217 e. The molecule has 2 amide bonds. The maximum absolute atomic E-state index is 11.1. The molecule has 4 atom stereocenters. The number of hydrogen-bond acceptors (Lipinski definition) is 8. The predicted molar refractivity (Wildman–Crippen MR) is 341 cm³/mol. The summed E-state index contributed by atoms with van der Waals surface area (Å²) in [4.78, 5) is 48.9. The van der Waals surface area contributed by atoms with Crippen molar-refractivity contribution in [3.8, 4) is 0 Å². The maximum Gasteiger partial charge on any atom is 0.217 e. The summed E-state index contributed by atoms with van der Waals surface area (Å²) in [5.41, 5.74) is 2.13. The Morgan fingerprint density at radius 1 is 0.530 bits per heavy atom. The van der Waals surface area contributed by atoms with Crippen LogP contribution in [0, 0.1) is 105 Å². The molecule has 2 saturated heterocycles. The van der Waals surface area contributed by atoms with Crippen LogP contribution < -0.4 is 10.6 Å². The van der Waals surface area contributed by atoms with Crippen LogP contribution in [0.4, 0.5) is 0 Å². The van der Waals surface area contributed by atoms with Gasteiger partial charge < -0.3 is 30.4 Å². The summed E-state index contributed by atoms with van der Waals surface area (Å²) in [6, 6.07) is 1.90. The van der Waals surface area contributed by atoms with E-state index in [4.69, 9.17) is 0 Å². The topological polar surface area (TPSA) is 139 Å². The van der Waals surface area contributed by atoms with E-state index < -0.39 is 5.60 Å². The number of nitrogens with one attached hydrogen (secondary N) is 2. The molecule has 13 rings (SSSR count). The number of hydrogen-bond donors (Lipinski definition) is 4. The molecule has 478 valence electrons. The summed E-state index contributed by atoms with van der Waals surface area (Å²) < 4.78 is 0. The maximum atomic E-state index is 11.1. The summed E-state index contributed by atoms with van der Waals surface area (Å²) in [5, 5.41) is 25.6. The summed E-state index contributed by atoms with van der Waals surface area (Å²) in [6.45, 7) is 43.5. The van der Waals surface area contributed by atoms with E-state index in [1.54, 1.807) is 27.7 Å². The first kappa shape index (κ1) is 68.6. The molecule has 0 radical (unpaired) electrons. The molecule has 11 saturated carbocycles. The molecule has 0 aromatic heterocycles. The fraction of sp³-hybridized carbons (Fsp3) is 0.945. The molecular formula is C73H130N4O6. The number of aliphatic hydroxyl groups excluding tert-OH is 1. The zero-order chi connectivity index (χ0) is 61.4. The number of likely N-dealkylation sites (tertiary alicyclic amines) is 2. The van der Waals surface area contributed by atoms with Gasteiger partial charge in [-0.2, -0.15) is 0 Å². The monoisotopic (exact) mass is 1160 g/mol. The number of amides is 2. The Bertz CT molecular complexity index is 2030. The summed E-state index contributed by atoms with van der Waals surface area (Å²) in [5.74, 6) is 13.0. The number of nitrogens with zero attached hydrogens (tertiary/aromatic N) is 2. The Morgan fingerprint density at radius 2 is 0.928 bits per heavy atom. The minimum atomic E-state index is -0.469. The second-order valence-electron chi connectivity index (χ2n) is 34.3. The van der Waals surface area contributed by atoms with Crippen LogP contribution in [0.2, 0.25) is 0 Å². The van der Waals surface area contributed by atoms with E-state index in [0.29, 0.717) is 57.3 Å². The van der Waals surface area contributed by atoms with Crippen molar-refractivity contribution in [3.05, 3.63) is 0 Å². The van der Waals surface area contributed by atoms with E-state index in [0.717, 1.165) is 103 Å². The molecule has 11 aliphatic carbocycles. The average Bonchev–Trinajstić information content (AvgIpc) is 2.88. The molecule has 0 aromatic carbocycles. The number of Topliss-reactive ketones (excluding diaryl/α,β-unsaturated/α-hetero) is 2. The molecular weight excluding hydrogens is 1030 g/mol. The Morgan fingerprint density at radius 3 is 1.25 bits per heavy atom. The van der Waals surface area contributed by atoms with Crippen LogP contribution in [0.25, 0.3) is 0 Å². The first-order chi connectivity index (χ1) is 38.6. The minimum absolute atomic E-state index is 0.00118. The standard InChI is InChI=1S/C14H27NO.2C12H21NO.2C12H20O.C11H21NO/c1-11(2)15-9-14(10-15)7-5-12(6-8-14)13(3,4)16;1-8(2)10-4-12(5-10)6-11(7-12)13-9(3)14;1-9(2)11-5-4-6-12(7-11,8-11)13-10(3)14;2*1-7(2)9-5-11-10(4-8(3)13)12(11)6-9;1-9(2)12-7-11(8-12)5-3-10(13)4-6-11/h11-12,16H,5-10H2,1-4H3;8,10-11H,4-7H2,1-3H3,(H,13,14);9H,4-8H2,1-3H3,(H,13,14);2*7,9-12H,4-6H2,1-3H3;9-10,13H,3-8H2,1-2H3. The molecule has 2 bridgehead atoms. The van der Waals surface area contributed by atoms with E-state index in [1.807, 2.05) is 13.8 Å². The Kier molecular flexibility index (Phi) is 22.7. The number of carbonyl (C=O) groups is 4. The van der Waals surface area contributed by atoms with Gasteiger partial charge in [-0.1, -0.05) is 61.8 Å². The largest absolute Gasteiger partial charge is 0.393 e. The van der Waals surface area contributed by atoms with Crippen LogP contribution in [0.5, 0.6) is 0 Å². The molecule has 2 aliphatic heterocycles. The fourth-order valence-corrected chi connectivity index (χ4v) is 19.4. The zero-order valence-electron chi connectivity index (χ0n) is 56.9. The third kappa shape index (κ3) is 17.5. The van der Waals surface area contributed by atoms with Crippen molar-refractivity contribution in [3.63, 3.8) is 0 Å². The summed E-state index contributed by atoms with van der Waals surface area (Å²) >= 11 is 0. The van der Waals surface area contributed by atoms with Gasteiger partial charge in [0.15, 0.2) is 0 Å². The second-order valence-corrected chi connectivity index (χ2v) is 34.3. The zero-order valence-corrected chi connectivity index (χ0v) is 56.9. The van der Waals surface area contributed by atoms with Gasteiger partial charge in [0.1, 0.15) is 11.6 Å². The molecule has 4 N–H and O–H groups in total. The van der Waals surface area contributed by atoms with Gasteiger partial charge in [-0.15, -0.1) is 0 Å². The Balaban J connectivity index is 0.000000143. The van der Waals surface area contributed by atoms with Gasteiger partial charge in [-0.3, -0.25) is 19.4 Å².